The third-order valence-corrected chi connectivity index (χ3v) is 4.37. The predicted molar refractivity (Wildman–Crippen MR) is 63.8 cm³/mol. The zero-order valence-corrected chi connectivity index (χ0v) is 10.3. The third kappa shape index (κ3) is 1.47. The van der Waals surface area contributed by atoms with Gasteiger partial charge in [0.05, 0.1) is 0 Å². The Bertz CT molecular complexity index is 312. The van der Waals surface area contributed by atoms with Crippen LogP contribution in [0.1, 0.15) is 46.5 Å². The molecule has 1 unspecified atom stereocenters. The van der Waals surface area contributed by atoms with E-state index in [-0.39, 0.29) is 0 Å². The molecule has 3 fully saturated rings. The van der Waals surface area contributed by atoms with Gasteiger partial charge in [-0.3, -0.25) is 4.90 Å². The second-order valence-electron chi connectivity index (χ2n) is 7.28. The van der Waals surface area contributed by atoms with Crippen molar-refractivity contribution in [2.45, 2.75) is 58.0 Å². The van der Waals surface area contributed by atoms with Crippen LogP contribution in [0.15, 0.2) is 12.2 Å². The van der Waals surface area contributed by atoms with E-state index < -0.39 is 0 Å². The topological polar surface area (TPSA) is 3.24 Å². The first-order valence-corrected chi connectivity index (χ1v) is 6.33. The first kappa shape index (κ1) is 9.89. The van der Waals surface area contributed by atoms with Crippen LogP contribution in [0.4, 0.5) is 0 Å². The molecule has 3 atom stereocenters. The maximum atomic E-state index is 4.22. The lowest BCUT2D eigenvalue weighted by Gasteiger charge is -2.39. The van der Waals surface area contributed by atoms with Gasteiger partial charge in [-0.1, -0.05) is 32.9 Å². The number of hydrogen-bond acceptors (Lipinski definition) is 1. The van der Waals surface area contributed by atoms with Crippen molar-refractivity contribution in [3.63, 3.8) is 0 Å². The van der Waals surface area contributed by atoms with Crippen LogP contribution < -0.4 is 0 Å². The number of nitrogens with zero attached hydrogens (tertiary/aromatic N) is 1. The summed E-state index contributed by atoms with van der Waals surface area (Å²) in [6.45, 7) is 12.6. The Balaban J connectivity index is 1.86. The minimum Gasteiger partial charge on any atom is -0.290 e. The Hall–Kier alpha value is -0.300. The highest BCUT2D eigenvalue weighted by atomic mass is 15.3. The van der Waals surface area contributed by atoms with E-state index >= 15 is 0 Å². The number of rotatable bonds is 1. The Kier molecular flexibility index (Phi) is 1.77. The van der Waals surface area contributed by atoms with Gasteiger partial charge in [0.25, 0.3) is 0 Å². The fourth-order valence-electron chi connectivity index (χ4n) is 4.23. The minimum absolute atomic E-state index is 0.458. The van der Waals surface area contributed by atoms with Crippen LogP contribution in [0.25, 0.3) is 0 Å². The summed E-state index contributed by atoms with van der Waals surface area (Å²) in [5.41, 5.74) is 2.45. The summed E-state index contributed by atoms with van der Waals surface area (Å²) in [6, 6.07) is 0.937. The van der Waals surface area contributed by atoms with Crippen molar-refractivity contribution in [3.8, 4) is 0 Å². The molecule has 0 radical (unpaired) electrons. The van der Waals surface area contributed by atoms with Crippen LogP contribution in [0.5, 0.6) is 0 Å². The van der Waals surface area contributed by atoms with Gasteiger partial charge in [-0.25, -0.2) is 0 Å². The van der Waals surface area contributed by atoms with E-state index in [0.717, 1.165) is 12.0 Å². The molecule has 3 rings (SSSR count). The molecule has 15 heavy (non-hydrogen) atoms. The molecular formula is C14H23N. The van der Waals surface area contributed by atoms with Crippen molar-refractivity contribution < 1.29 is 0 Å². The molecule has 3 aliphatic rings. The van der Waals surface area contributed by atoms with E-state index in [1.807, 2.05) is 0 Å². The van der Waals surface area contributed by atoms with Gasteiger partial charge in [-0.05, 0) is 37.0 Å². The number of hydrogen-bond donors (Lipinski definition) is 0. The van der Waals surface area contributed by atoms with Crippen molar-refractivity contribution in [2.75, 3.05) is 6.54 Å². The van der Waals surface area contributed by atoms with Crippen molar-refractivity contribution >= 4 is 0 Å². The summed E-state index contributed by atoms with van der Waals surface area (Å²) < 4.78 is 0. The van der Waals surface area contributed by atoms with Crippen LogP contribution >= 0.6 is 0 Å². The molecular weight excluding hydrogens is 182 g/mol. The van der Waals surface area contributed by atoms with E-state index in [0.29, 0.717) is 11.0 Å². The molecule has 2 saturated heterocycles. The quantitative estimate of drug-likeness (QED) is 0.594. The fraction of sp³-hybridized carbons (Fsp3) is 0.857. The molecule has 2 aliphatic heterocycles. The third-order valence-electron chi connectivity index (χ3n) is 4.37. The summed E-state index contributed by atoms with van der Waals surface area (Å²) in [5.74, 6) is 1.04. The highest BCUT2D eigenvalue weighted by Gasteiger charge is 2.62. The lowest BCUT2D eigenvalue weighted by molar-refractivity contribution is 0.105. The van der Waals surface area contributed by atoms with Crippen LogP contribution in [0.3, 0.4) is 0 Å². The largest absolute Gasteiger partial charge is 0.290 e. The Morgan fingerprint density at radius 2 is 2.20 bits per heavy atom. The first-order valence-electron chi connectivity index (χ1n) is 6.33. The lowest BCUT2D eigenvalue weighted by Crippen LogP contribution is -2.43. The Labute approximate surface area is 93.5 Å². The standard InChI is InChI=1S/C14H23N/c1-10-6-14(9-13(2,3)4)7-11-5-12(11)15(14)8-10/h11-12H,1,5-9H2,2-4H3/t11-,12-,14?/m0/s1. The molecule has 0 amide bonds. The van der Waals surface area contributed by atoms with Crippen LogP contribution in [-0.2, 0) is 0 Å². The van der Waals surface area contributed by atoms with Gasteiger partial charge in [0.2, 0.25) is 0 Å². The van der Waals surface area contributed by atoms with Crippen molar-refractivity contribution in [3.05, 3.63) is 12.2 Å². The van der Waals surface area contributed by atoms with Gasteiger partial charge in [0.1, 0.15) is 0 Å². The minimum atomic E-state index is 0.458. The molecule has 0 aromatic carbocycles. The molecule has 0 aromatic rings. The summed E-state index contributed by atoms with van der Waals surface area (Å²) in [5, 5.41) is 0. The summed E-state index contributed by atoms with van der Waals surface area (Å²) >= 11 is 0. The molecule has 0 N–H and O–H groups in total. The molecule has 0 spiro atoms. The Morgan fingerprint density at radius 3 is 2.87 bits per heavy atom. The summed E-state index contributed by atoms with van der Waals surface area (Å²) in [4.78, 5) is 2.80. The van der Waals surface area contributed by atoms with E-state index in [2.05, 4.69) is 32.3 Å². The normalized spacial score (nSPS) is 44.3. The van der Waals surface area contributed by atoms with Crippen LogP contribution in [-0.4, -0.2) is 23.0 Å². The highest BCUT2D eigenvalue weighted by molar-refractivity contribution is 5.25. The lowest BCUT2D eigenvalue weighted by atomic mass is 9.76. The van der Waals surface area contributed by atoms with Crippen molar-refractivity contribution in [1.29, 1.82) is 0 Å². The summed E-state index contributed by atoms with van der Waals surface area (Å²) in [6.07, 6.45) is 5.55. The predicted octanol–water partition coefficient (Wildman–Crippen LogP) is 3.22. The molecule has 84 valence electrons. The smallest absolute Gasteiger partial charge is 0.0261 e. The number of fused-ring (bicyclic) bond motifs is 3. The molecule has 1 nitrogen and oxygen atoms in total. The van der Waals surface area contributed by atoms with Crippen LogP contribution in [0, 0.1) is 11.3 Å². The van der Waals surface area contributed by atoms with Crippen molar-refractivity contribution in [1.82, 2.24) is 4.90 Å². The number of piperidine rings is 1. The molecule has 2 heterocycles. The van der Waals surface area contributed by atoms with Gasteiger partial charge in [0.15, 0.2) is 0 Å². The zero-order chi connectivity index (χ0) is 10.8. The van der Waals surface area contributed by atoms with Gasteiger partial charge < -0.3 is 0 Å². The van der Waals surface area contributed by atoms with E-state index in [1.54, 1.807) is 0 Å². The van der Waals surface area contributed by atoms with E-state index in [1.165, 1.54) is 37.8 Å². The average molecular weight is 205 g/mol. The first-order chi connectivity index (χ1) is 6.90. The maximum Gasteiger partial charge on any atom is 0.0261 e. The van der Waals surface area contributed by atoms with Crippen molar-refractivity contribution in [2.24, 2.45) is 11.3 Å². The van der Waals surface area contributed by atoms with Gasteiger partial charge in [0, 0.05) is 18.1 Å². The second kappa shape index (κ2) is 2.68. The van der Waals surface area contributed by atoms with Crippen LogP contribution in [0.2, 0.25) is 0 Å². The van der Waals surface area contributed by atoms with E-state index in [9.17, 15) is 0 Å². The fourth-order valence-corrected chi connectivity index (χ4v) is 4.23. The molecule has 0 bridgehead atoms. The van der Waals surface area contributed by atoms with Gasteiger partial charge in [-0.15, -0.1) is 0 Å². The van der Waals surface area contributed by atoms with Gasteiger partial charge >= 0.3 is 0 Å². The SMILES string of the molecule is C=C1CN2[C@H]3C[C@H]3CC2(CC(C)(C)C)C1. The second-order valence-corrected chi connectivity index (χ2v) is 7.28. The Morgan fingerprint density at radius 1 is 1.47 bits per heavy atom. The van der Waals surface area contributed by atoms with Gasteiger partial charge in [-0.2, -0.15) is 0 Å². The molecule has 0 aromatic heterocycles. The van der Waals surface area contributed by atoms with E-state index in [4.69, 9.17) is 0 Å². The monoisotopic (exact) mass is 205 g/mol. The molecule has 1 saturated carbocycles. The maximum absolute atomic E-state index is 4.22. The average Bonchev–Trinajstić information content (AvgIpc) is 2.59. The highest BCUT2D eigenvalue weighted by Crippen LogP contribution is 2.60. The zero-order valence-electron chi connectivity index (χ0n) is 10.3. The molecule has 1 heteroatoms. The summed E-state index contributed by atoms with van der Waals surface area (Å²) in [7, 11) is 0. The molecule has 1 aliphatic carbocycles.